The maximum absolute atomic E-state index is 11.6. The van der Waals surface area contributed by atoms with Gasteiger partial charge >= 0.3 is 5.97 Å². The largest absolute Gasteiger partial charge is 0.478 e. The Morgan fingerprint density at radius 3 is 2.82 bits per heavy atom. The molecule has 0 aliphatic carbocycles. The molecule has 2 aromatic rings. The van der Waals surface area contributed by atoms with Crippen LogP contribution in [0.3, 0.4) is 0 Å². The molecule has 110 valence electrons. The molecule has 0 radical (unpaired) electrons. The van der Waals surface area contributed by atoms with Crippen molar-refractivity contribution < 1.29 is 19.1 Å². The minimum absolute atomic E-state index is 0.185. The van der Waals surface area contributed by atoms with Crippen LogP contribution in [0.15, 0.2) is 45.7 Å². The Hall–Kier alpha value is -2.38. The van der Waals surface area contributed by atoms with Crippen molar-refractivity contribution >= 4 is 46.3 Å². The SMILES string of the molecule is O=C1NC(=S)SC1=Cc1ccc(-c2cccc(C(=O)O)c2)o1. The summed E-state index contributed by atoms with van der Waals surface area (Å²) < 4.78 is 6.06. The number of carboxylic acids is 1. The van der Waals surface area contributed by atoms with Crippen LogP contribution in [0.5, 0.6) is 0 Å². The number of nitrogens with one attached hydrogen (secondary N) is 1. The van der Waals surface area contributed by atoms with Crippen LogP contribution in [0.25, 0.3) is 17.4 Å². The maximum atomic E-state index is 11.6. The molecule has 0 bridgehead atoms. The zero-order valence-electron chi connectivity index (χ0n) is 11.0. The lowest BCUT2D eigenvalue weighted by molar-refractivity contribution is -0.115. The van der Waals surface area contributed by atoms with Crippen LogP contribution in [-0.2, 0) is 4.79 Å². The summed E-state index contributed by atoms with van der Waals surface area (Å²) in [5.41, 5.74) is 0.841. The van der Waals surface area contributed by atoms with Crippen molar-refractivity contribution in [2.45, 2.75) is 0 Å². The Morgan fingerprint density at radius 1 is 1.32 bits per heavy atom. The zero-order valence-corrected chi connectivity index (χ0v) is 12.7. The van der Waals surface area contributed by atoms with E-state index in [1.54, 1.807) is 30.3 Å². The first-order valence-electron chi connectivity index (χ1n) is 6.21. The molecule has 5 nitrogen and oxygen atoms in total. The number of furan rings is 1. The highest BCUT2D eigenvalue weighted by Crippen LogP contribution is 2.29. The molecule has 1 saturated heterocycles. The van der Waals surface area contributed by atoms with Crippen molar-refractivity contribution in [1.82, 2.24) is 5.32 Å². The van der Waals surface area contributed by atoms with Gasteiger partial charge in [0, 0.05) is 11.6 Å². The Kier molecular flexibility index (Phi) is 3.82. The highest BCUT2D eigenvalue weighted by atomic mass is 32.2. The first kappa shape index (κ1) is 14.6. The smallest absolute Gasteiger partial charge is 0.335 e. The number of rotatable bonds is 3. The van der Waals surface area contributed by atoms with Crippen molar-refractivity contribution in [1.29, 1.82) is 0 Å². The van der Waals surface area contributed by atoms with Gasteiger partial charge in [-0.1, -0.05) is 36.1 Å². The van der Waals surface area contributed by atoms with Crippen molar-refractivity contribution in [3.8, 4) is 11.3 Å². The molecular weight excluding hydrogens is 322 g/mol. The van der Waals surface area contributed by atoms with Gasteiger partial charge in [-0.3, -0.25) is 4.79 Å². The van der Waals surface area contributed by atoms with Crippen LogP contribution < -0.4 is 5.32 Å². The fraction of sp³-hybridized carbons (Fsp3) is 0. The quantitative estimate of drug-likeness (QED) is 0.664. The molecule has 1 amide bonds. The highest BCUT2D eigenvalue weighted by molar-refractivity contribution is 8.26. The minimum Gasteiger partial charge on any atom is -0.478 e. The van der Waals surface area contributed by atoms with Crippen molar-refractivity contribution in [2.24, 2.45) is 0 Å². The van der Waals surface area contributed by atoms with Crippen molar-refractivity contribution in [2.75, 3.05) is 0 Å². The molecule has 1 aromatic carbocycles. The first-order chi connectivity index (χ1) is 10.5. The van der Waals surface area contributed by atoms with Gasteiger partial charge in [-0.15, -0.1) is 0 Å². The molecule has 1 fully saturated rings. The second kappa shape index (κ2) is 5.78. The average Bonchev–Trinajstić information content (AvgIpc) is 3.06. The fourth-order valence-corrected chi connectivity index (χ4v) is 2.97. The topological polar surface area (TPSA) is 79.5 Å². The predicted octanol–water partition coefficient (Wildman–Crippen LogP) is 3.13. The number of benzene rings is 1. The van der Waals surface area contributed by atoms with Crippen LogP contribution in [-0.4, -0.2) is 21.3 Å². The van der Waals surface area contributed by atoms with Gasteiger partial charge in [0.25, 0.3) is 5.91 Å². The summed E-state index contributed by atoms with van der Waals surface area (Å²) in [5, 5.41) is 11.5. The van der Waals surface area contributed by atoms with E-state index in [4.69, 9.17) is 21.7 Å². The fourth-order valence-electron chi connectivity index (χ4n) is 1.94. The third-order valence-corrected chi connectivity index (χ3v) is 4.10. The number of hydrogen-bond donors (Lipinski definition) is 2. The number of thioether (sulfide) groups is 1. The monoisotopic (exact) mass is 331 g/mol. The molecule has 0 unspecified atom stereocenters. The molecule has 0 saturated carbocycles. The van der Waals surface area contributed by atoms with Gasteiger partial charge in [0.2, 0.25) is 0 Å². The summed E-state index contributed by atoms with van der Waals surface area (Å²) in [6, 6.07) is 9.89. The highest BCUT2D eigenvalue weighted by Gasteiger charge is 2.22. The number of carbonyl (C=O) groups is 2. The molecule has 2 N–H and O–H groups in total. The van der Waals surface area contributed by atoms with E-state index in [-0.39, 0.29) is 11.5 Å². The van der Waals surface area contributed by atoms with E-state index in [0.29, 0.717) is 26.3 Å². The summed E-state index contributed by atoms with van der Waals surface area (Å²) in [7, 11) is 0. The number of thiocarbonyl (C=S) groups is 1. The Bertz CT molecular complexity index is 822. The van der Waals surface area contributed by atoms with Crippen LogP contribution in [0.2, 0.25) is 0 Å². The number of hydrogen-bond acceptors (Lipinski definition) is 5. The van der Waals surface area contributed by atoms with E-state index in [1.165, 1.54) is 23.9 Å². The molecule has 2 heterocycles. The van der Waals surface area contributed by atoms with Crippen LogP contribution >= 0.6 is 24.0 Å². The second-order valence-electron chi connectivity index (χ2n) is 4.44. The van der Waals surface area contributed by atoms with Crippen molar-refractivity contribution in [3.63, 3.8) is 0 Å². The summed E-state index contributed by atoms with van der Waals surface area (Å²) in [4.78, 5) is 23.0. The number of amides is 1. The van der Waals surface area contributed by atoms with Crippen LogP contribution in [0.4, 0.5) is 0 Å². The van der Waals surface area contributed by atoms with Crippen molar-refractivity contribution in [3.05, 3.63) is 52.6 Å². The lowest BCUT2D eigenvalue weighted by Crippen LogP contribution is -2.17. The molecule has 1 aromatic heterocycles. The van der Waals surface area contributed by atoms with Gasteiger partial charge < -0.3 is 14.8 Å². The lowest BCUT2D eigenvalue weighted by atomic mass is 10.1. The Balaban J connectivity index is 1.90. The average molecular weight is 331 g/mol. The summed E-state index contributed by atoms with van der Waals surface area (Å²) in [6.45, 7) is 0. The zero-order chi connectivity index (χ0) is 15.7. The van der Waals surface area contributed by atoms with Gasteiger partial charge in [0.05, 0.1) is 10.5 Å². The Labute approximate surface area is 135 Å². The van der Waals surface area contributed by atoms with Gasteiger partial charge in [-0.25, -0.2) is 4.79 Å². The minimum atomic E-state index is -0.997. The molecule has 1 aliphatic heterocycles. The summed E-state index contributed by atoms with van der Waals surface area (Å²) >= 11 is 6.09. The molecule has 0 atom stereocenters. The standard InChI is InChI=1S/C15H9NO4S2/c17-13-12(22-15(21)16-13)7-10-4-5-11(20-10)8-2-1-3-9(6-8)14(18)19/h1-7H,(H,18,19)(H,16,17,21). The van der Waals surface area contributed by atoms with E-state index in [0.717, 1.165) is 0 Å². The van der Waals surface area contributed by atoms with Gasteiger partial charge in [0.1, 0.15) is 15.8 Å². The van der Waals surface area contributed by atoms with Crippen LogP contribution in [0.1, 0.15) is 16.1 Å². The van der Waals surface area contributed by atoms with Gasteiger partial charge in [-0.2, -0.15) is 0 Å². The molecular formula is C15H9NO4S2. The van der Waals surface area contributed by atoms with Gasteiger partial charge in [0.15, 0.2) is 0 Å². The molecule has 22 heavy (non-hydrogen) atoms. The number of carbonyl (C=O) groups excluding carboxylic acids is 1. The van der Waals surface area contributed by atoms with E-state index >= 15 is 0 Å². The first-order valence-corrected chi connectivity index (χ1v) is 7.44. The number of aromatic carboxylic acids is 1. The normalized spacial score (nSPS) is 16.1. The third kappa shape index (κ3) is 2.95. The molecule has 7 heteroatoms. The molecule has 1 aliphatic rings. The molecule has 3 rings (SSSR count). The third-order valence-electron chi connectivity index (χ3n) is 2.94. The van der Waals surface area contributed by atoms with E-state index < -0.39 is 5.97 Å². The summed E-state index contributed by atoms with van der Waals surface area (Å²) in [6.07, 6.45) is 1.60. The van der Waals surface area contributed by atoms with E-state index in [2.05, 4.69) is 5.32 Å². The van der Waals surface area contributed by atoms with Gasteiger partial charge in [-0.05, 0) is 24.3 Å². The Morgan fingerprint density at radius 2 is 2.14 bits per heavy atom. The van der Waals surface area contributed by atoms with Crippen LogP contribution in [0, 0.1) is 0 Å². The summed E-state index contributed by atoms with van der Waals surface area (Å²) in [5.74, 6) is -0.219. The van der Waals surface area contributed by atoms with E-state index in [1.807, 2.05) is 0 Å². The lowest BCUT2D eigenvalue weighted by Gasteiger charge is -1.99. The predicted molar refractivity (Wildman–Crippen MR) is 87.4 cm³/mol. The number of carboxylic acid groups (broad SMARTS) is 1. The maximum Gasteiger partial charge on any atom is 0.335 e. The molecule has 0 spiro atoms. The van der Waals surface area contributed by atoms with E-state index in [9.17, 15) is 9.59 Å². The second-order valence-corrected chi connectivity index (χ2v) is 6.16.